The molecule has 1 rings (SSSR count). The smallest absolute Gasteiger partial charge is 0.335 e. The Balaban J connectivity index is 2.35. The summed E-state index contributed by atoms with van der Waals surface area (Å²) in [5, 5.41) is 0. The summed E-state index contributed by atoms with van der Waals surface area (Å²) in [6, 6.07) is 7.50. The zero-order chi connectivity index (χ0) is 11.3. The highest BCUT2D eigenvalue weighted by Crippen LogP contribution is 2.11. The fourth-order valence-corrected chi connectivity index (χ4v) is 0.909. The van der Waals surface area contributed by atoms with Gasteiger partial charge in [0.15, 0.2) is 0 Å². The summed E-state index contributed by atoms with van der Waals surface area (Å²) in [5.74, 6) is 0.234. The standard InChI is InChI=1S/C12H14O3/c1-9(2)12(13)15-8-14-11-6-4-10(3)5-7-11/h4-7H,1,8H2,2-3H3. The number of hydrogen-bond donors (Lipinski definition) is 0. The van der Waals surface area contributed by atoms with Crippen molar-refractivity contribution in [3.05, 3.63) is 42.0 Å². The van der Waals surface area contributed by atoms with Crippen LogP contribution in [0.15, 0.2) is 36.4 Å². The first kappa shape index (κ1) is 11.3. The van der Waals surface area contributed by atoms with E-state index in [1.165, 1.54) is 0 Å². The van der Waals surface area contributed by atoms with Crippen LogP contribution >= 0.6 is 0 Å². The molecule has 0 aliphatic carbocycles. The quantitative estimate of drug-likeness (QED) is 0.431. The van der Waals surface area contributed by atoms with Gasteiger partial charge in [0.2, 0.25) is 6.79 Å². The Hall–Kier alpha value is -1.77. The molecule has 0 unspecified atom stereocenters. The van der Waals surface area contributed by atoms with E-state index in [0.29, 0.717) is 11.3 Å². The SMILES string of the molecule is C=C(C)C(=O)OCOc1ccc(C)cc1. The first-order chi connectivity index (χ1) is 7.09. The van der Waals surface area contributed by atoms with E-state index in [9.17, 15) is 4.79 Å². The lowest BCUT2D eigenvalue weighted by molar-refractivity contribution is -0.145. The van der Waals surface area contributed by atoms with Gasteiger partial charge in [-0.3, -0.25) is 0 Å². The predicted molar refractivity (Wildman–Crippen MR) is 57.6 cm³/mol. The van der Waals surface area contributed by atoms with Gasteiger partial charge < -0.3 is 9.47 Å². The molecule has 0 aliphatic heterocycles. The van der Waals surface area contributed by atoms with E-state index in [2.05, 4.69) is 6.58 Å². The van der Waals surface area contributed by atoms with E-state index in [0.717, 1.165) is 5.56 Å². The summed E-state index contributed by atoms with van der Waals surface area (Å²) >= 11 is 0. The van der Waals surface area contributed by atoms with E-state index in [1.54, 1.807) is 6.92 Å². The summed E-state index contributed by atoms with van der Waals surface area (Å²) in [4.78, 5) is 11.0. The number of carbonyl (C=O) groups excluding carboxylic acids is 1. The van der Waals surface area contributed by atoms with Crippen LogP contribution in [0.25, 0.3) is 0 Å². The van der Waals surface area contributed by atoms with Crippen molar-refractivity contribution in [2.24, 2.45) is 0 Å². The second-order valence-corrected chi connectivity index (χ2v) is 3.29. The Labute approximate surface area is 89.3 Å². The molecule has 15 heavy (non-hydrogen) atoms. The molecule has 0 saturated carbocycles. The van der Waals surface area contributed by atoms with Crippen LogP contribution in [-0.4, -0.2) is 12.8 Å². The number of aryl methyl sites for hydroxylation is 1. The Morgan fingerprint density at radius 2 is 1.93 bits per heavy atom. The van der Waals surface area contributed by atoms with Gasteiger partial charge in [0.1, 0.15) is 5.75 Å². The van der Waals surface area contributed by atoms with Gasteiger partial charge in [-0.25, -0.2) is 4.79 Å². The first-order valence-corrected chi connectivity index (χ1v) is 4.61. The molecule has 0 atom stereocenters. The van der Waals surface area contributed by atoms with Crippen LogP contribution in [-0.2, 0) is 9.53 Å². The van der Waals surface area contributed by atoms with Gasteiger partial charge in [-0.2, -0.15) is 0 Å². The molecular formula is C12H14O3. The van der Waals surface area contributed by atoms with Gasteiger partial charge in [0.05, 0.1) is 0 Å². The summed E-state index contributed by atoms with van der Waals surface area (Å²) in [6.45, 7) is 6.96. The highest BCUT2D eigenvalue weighted by atomic mass is 16.7. The lowest BCUT2D eigenvalue weighted by Gasteiger charge is -2.07. The molecule has 0 saturated heterocycles. The number of benzene rings is 1. The van der Waals surface area contributed by atoms with Crippen molar-refractivity contribution >= 4 is 5.97 Å². The number of esters is 1. The van der Waals surface area contributed by atoms with Crippen molar-refractivity contribution in [1.29, 1.82) is 0 Å². The van der Waals surface area contributed by atoms with Crippen LogP contribution in [0.1, 0.15) is 12.5 Å². The molecule has 0 spiro atoms. The summed E-state index contributed by atoms with van der Waals surface area (Å²) in [6.07, 6.45) is 0. The number of carbonyl (C=O) groups is 1. The molecule has 80 valence electrons. The van der Waals surface area contributed by atoms with Crippen molar-refractivity contribution in [2.75, 3.05) is 6.79 Å². The second kappa shape index (κ2) is 5.20. The number of rotatable bonds is 4. The molecule has 0 radical (unpaired) electrons. The largest absolute Gasteiger partial charge is 0.457 e. The topological polar surface area (TPSA) is 35.5 Å². The minimum absolute atomic E-state index is 0.0885. The molecule has 0 aliphatic rings. The molecule has 1 aromatic rings. The molecule has 0 fully saturated rings. The first-order valence-electron chi connectivity index (χ1n) is 4.61. The Morgan fingerprint density at radius 1 is 1.33 bits per heavy atom. The molecule has 0 bridgehead atoms. The summed E-state index contributed by atoms with van der Waals surface area (Å²) < 4.78 is 9.97. The lowest BCUT2D eigenvalue weighted by atomic mass is 10.2. The van der Waals surface area contributed by atoms with E-state index in [4.69, 9.17) is 9.47 Å². The van der Waals surface area contributed by atoms with Crippen molar-refractivity contribution in [3.8, 4) is 5.75 Å². The van der Waals surface area contributed by atoms with Crippen molar-refractivity contribution < 1.29 is 14.3 Å². The van der Waals surface area contributed by atoms with Gasteiger partial charge in [0.25, 0.3) is 0 Å². The molecule has 3 nitrogen and oxygen atoms in total. The zero-order valence-corrected chi connectivity index (χ0v) is 8.95. The third kappa shape index (κ3) is 3.85. The van der Waals surface area contributed by atoms with Crippen LogP contribution in [0.3, 0.4) is 0 Å². The third-order valence-electron chi connectivity index (χ3n) is 1.79. The van der Waals surface area contributed by atoms with Crippen LogP contribution < -0.4 is 4.74 Å². The third-order valence-corrected chi connectivity index (χ3v) is 1.79. The maximum atomic E-state index is 11.0. The zero-order valence-electron chi connectivity index (χ0n) is 8.95. The van der Waals surface area contributed by atoms with E-state index in [1.807, 2.05) is 31.2 Å². The van der Waals surface area contributed by atoms with E-state index < -0.39 is 5.97 Å². The predicted octanol–water partition coefficient (Wildman–Crippen LogP) is 2.45. The molecule has 3 heteroatoms. The van der Waals surface area contributed by atoms with Crippen LogP contribution in [0.5, 0.6) is 5.75 Å². The number of hydrogen-bond acceptors (Lipinski definition) is 3. The van der Waals surface area contributed by atoms with Crippen molar-refractivity contribution in [1.82, 2.24) is 0 Å². The summed E-state index contributed by atoms with van der Waals surface area (Å²) in [5.41, 5.74) is 1.52. The Bertz CT molecular complexity index is 352. The molecule has 0 N–H and O–H groups in total. The monoisotopic (exact) mass is 206 g/mol. The maximum Gasteiger partial charge on any atom is 0.335 e. The Kier molecular flexibility index (Phi) is 3.92. The molecule has 0 aromatic heterocycles. The average molecular weight is 206 g/mol. The van der Waals surface area contributed by atoms with Crippen LogP contribution in [0, 0.1) is 6.92 Å². The normalized spacial score (nSPS) is 9.47. The summed E-state index contributed by atoms with van der Waals surface area (Å²) in [7, 11) is 0. The van der Waals surface area contributed by atoms with Crippen molar-refractivity contribution in [3.63, 3.8) is 0 Å². The van der Waals surface area contributed by atoms with Gasteiger partial charge in [-0.15, -0.1) is 0 Å². The molecule has 1 aromatic carbocycles. The molecule has 0 amide bonds. The van der Waals surface area contributed by atoms with E-state index in [-0.39, 0.29) is 6.79 Å². The average Bonchev–Trinajstić information content (AvgIpc) is 2.20. The highest BCUT2D eigenvalue weighted by Gasteiger charge is 2.02. The highest BCUT2D eigenvalue weighted by molar-refractivity contribution is 5.86. The van der Waals surface area contributed by atoms with Gasteiger partial charge in [-0.1, -0.05) is 24.3 Å². The fourth-order valence-electron chi connectivity index (χ4n) is 0.909. The van der Waals surface area contributed by atoms with Crippen LogP contribution in [0.4, 0.5) is 0 Å². The minimum atomic E-state index is -0.442. The van der Waals surface area contributed by atoms with Crippen molar-refractivity contribution in [2.45, 2.75) is 13.8 Å². The lowest BCUT2D eigenvalue weighted by Crippen LogP contribution is -2.10. The molecule has 0 heterocycles. The van der Waals surface area contributed by atoms with Crippen LogP contribution in [0.2, 0.25) is 0 Å². The van der Waals surface area contributed by atoms with Gasteiger partial charge in [-0.05, 0) is 26.0 Å². The van der Waals surface area contributed by atoms with Gasteiger partial charge >= 0.3 is 5.97 Å². The number of ether oxygens (including phenoxy) is 2. The van der Waals surface area contributed by atoms with E-state index >= 15 is 0 Å². The Morgan fingerprint density at radius 3 is 2.47 bits per heavy atom. The molecular weight excluding hydrogens is 192 g/mol. The maximum absolute atomic E-state index is 11.0. The van der Waals surface area contributed by atoms with Gasteiger partial charge in [0, 0.05) is 5.57 Å². The fraction of sp³-hybridized carbons (Fsp3) is 0.250. The second-order valence-electron chi connectivity index (χ2n) is 3.29. The minimum Gasteiger partial charge on any atom is -0.457 e.